The molecule has 1 aromatic carbocycles. The number of amides is 1. The number of rotatable bonds is 3. The number of halogens is 1. The zero-order valence-electron chi connectivity index (χ0n) is 10.2. The van der Waals surface area contributed by atoms with E-state index in [1.807, 2.05) is 13.0 Å². The Bertz CT molecular complexity index is 625. The molecule has 6 nitrogen and oxygen atoms in total. The third kappa shape index (κ3) is 1.98. The van der Waals surface area contributed by atoms with Crippen LogP contribution >= 0.6 is 11.6 Å². The van der Waals surface area contributed by atoms with Crippen LogP contribution in [0.2, 0.25) is 5.02 Å². The molecule has 3 rings (SSSR count). The van der Waals surface area contributed by atoms with Gasteiger partial charge in [0.25, 0.3) is 0 Å². The van der Waals surface area contributed by atoms with Gasteiger partial charge in [-0.05, 0) is 18.7 Å². The first-order chi connectivity index (χ1) is 9.20. The van der Waals surface area contributed by atoms with Crippen LogP contribution in [0.4, 0.5) is 5.69 Å². The third-order valence-corrected chi connectivity index (χ3v) is 3.33. The SMILES string of the molecule is CCNC1C(=O)Nc2cc(-n3cncn3)c(Cl)cc21. The molecule has 1 atom stereocenters. The second-order valence-corrected chi connectivity index (χ2v) is 4.62. The summed E-state index contributed by atoms with van der Waals surface area (Å²) in [5.41, 5.74) is 2.31. The maximum atomic E-state index is 11.9. The minimum atomic E-state index is -0.345. The van der Waals surface area contributed by atoms with Gasteiger partial charge in [-0.15, -0.1) is 0 Å². The van der Waals surface area contributed by atoms with Gasteiger partial charge in [-0.2, -0.15) is 5.10 Å². The number of fused-ring (bicyclic) bond motifs is 1. The summed E-state index contributed by atoms with van der Waals surface area (Å²) in [5.74, 6) is -0.0661. The first-order valence-corrected chi connectivity index (χ1v) is 6.31. The number of hydrogen-bond acceptors (Lipinski definition) is 4. The molecule has 98 valence electrons. The number of hydrogen-bond donors (Lipinski definition) is 2. The summed E-state index contributed by atoms with van der Waals surface area (Å²) in [7, 11) is 0. The van der Waals surface area contributed by atoms with Crippen LogP contribution in [0.25, 0.3) is 5.69 Å². The van der Waals surface area contributed by atoms with Crippen molar-refractivity contribution in [2.24, 2.45) is 0 Å². The second kappa shape index (κ2) is 4.64. The summed E-state index contributed by atoms with van der Waals surface area (Å²) in [6, 6.07) is 3.25. The molecular weight excluding hydrogens is 266 g/mol. The fourth-order valence-electron chi connectivity index (χ4n) is 2.19. The van der Waals surface area contributed by atoms with E-state index in [1.165, 1.54) is 6.33 Å². The fraction of sp³-hybridized carbons (Fsp3) is 0.250. The van der Waals surface area contributed by atoms with Crippen LogP contribution in [0.1, 0.15) is 18.5 Å². The van der Waals surface area contributed by atoms with E-state index in [4.69, 9.17) is 11.6 Å². The fourth-order valence-corrected chi connectivity index (χ4v) is 2.44. The van der Waals surface area contributed by atoms with E-state index in [2.05, 4.69) is 20.7 Å². The molecule has 0 fully saturated rings. The number of carbonyl (C=O) groups is 1. The quantitative estimate of drug-likeness (QED) is 0.892. The summed E-state index contributed by atoms with van der Waals surface area (Å²) in [5, 5.41) is 10.5. The predicted molar refractivity (Wildman–Crippen MR) is 71.4 cm³/mol. The topological polar surface area (TPSA) is 71.8 Å². The molecule has 1 aliphatic rings. The van der Waals surface area contributed by atoms with Crippen LogP contribution in [0, 0.1) is 0 Å². The smallest absolute Gasteiger partial charge is 0.246 e. The lowest BCUT2D eigenvalue weighted by Gasteiger charge is -2.11. The van der Waals surface area contributed by atoms with Crippen molar-refractivity contribution in [3.05, 3.63) is 35.4 Å². The maximum Gasteiger partial charge on any atom is 0.246 e. The molecule has 0 bridgehead atoms. The number of carbonyl (C=O) groups excluding carboxylic acids is 1. The van der Waals surface area contributed by atoms with Gasteiger partial charge in [0.05, 0.1) is 10.7 Å². The van der Waals surface area contributed by atoms with Crippen molar-refractivity contribution in [2.45, 2.75) is 13.0 Å². The van der Waals surface area contributed by atoms with Gasteiger partial charge in [0.15, 0.2) is 0 Å². The minimum absolute atomic E-state index is 0.0661. The van der Waals surface area contributed by atoms with E-state index in [-0.39, 0.29) is 11.9 Å². The van der Waals surface area contributed by atoms with E-state index < -0.39 is 0 Å². The number of benzene rings is 1. The maximum absolute atomic E-state index is 11.9. The molecule has 2 N–H and O–H groups in total. The van der Waals surface area contributed by atoms with Gasteiger partial charge in [-0.25, -0.2) is 9.67 Å². The molecule has 0 saturated heterocycles. The molecule has 1 amide bonds. The van der Waals surface area contributed by atoms with E-state index in [0.717, 1.165) is 11.3 Å². The Morgan fingerprint density at radius 1 is 1.53 bits per heavy atom. The number of anilines is 1. The van der Waals surface area contributed by atoms with Crippen LogP contribution < -0.4 is 10.6 Å². The molecule has 1 aromatic heterocycles. The lowest BCUT2D eigenvalue weighted by atomic mass is 10.1. The highest BCUT2D eigenvalue weighted by atomic mass is 35.5. The highest BCUT2D eigenvalue weighted by Crippen LogP contribution is 2.36. The van der Waals surface area contributed by atoms with Gasteiger partial charge in [-0.1, -0.05) is 18.5 Å². The lowest BCUT2D eigenvalue weighted by molar-refractivity contribution is -0.117. The summed E-state index contributed by atoms with van der Waals surface area (Å²) in [6.07, 6.45) is 3.00. The molecule has 0 saturated carbocycles. The number of nitrogens with one attached hydrogen (secondary N) is 2. The third-order valence-electron chi connectivity index (χ3n) is 3.02. The zero-order valence-corrected chi connectivity index (χ0v) is 11.0. The molecule has 0 aliphatic carbocycles. The monoisotopic (exact) mass is 277 g/mol. The van der Waals surface area contributed by atoms with Crippen LogP contribution in [0.5, 0.6) is 0 Å². The molecule has 1 aliphatic heterocycles. The summed E-state index contributed by atoms with van der Waals surface area (Å²) in [6.45, 7) is 2.66. The van der Waals surface area contributed by atoms with Crippen LogP contribution in [0.15, 0.2) is 24.8 Å². The average molecular weight is 278 g/mol. The lowest BCUT2D eigenvalue weighted by Crippen LogP contribution is -2.27. The van der Waals surface area contributed by atoms with Crippen molar-refractivity contribution in [1.29, 1.82) is 0 Å². The van der Waals surface area contributed by atoms with Crippen molar-refractivity contribution in [2.75, 3.05) is 11.9 Å². The Hall–Kier alpha value is -1.92. The Balaban J connectivity index is 2.07. The molecule has 1 unspecified atom stereocenters. The van der Waals surface area contributed by atoms with Crippen molar-refractivity contribution >= 4 is 23.2 Å². The highest BCUT2D eigenvalue weighted by Gasteiger charge is 2.30. The zero-order chi connectivity index (χ0) is 13.4. The van der Waals surface area contributed by atoms with E-state index in [9.17, 15) is 4.79 Å². The van der Waals surface area contributed by atoms with Gasteiger partial charge < -0.3 is 10.6 Å². The molecule has 19 heavy (non-hydrogen) atoms. The molecule has 7 heteroatoms. The molecule has 2 heterocycles. The Morgan fingerprint density at radius 3 is 3.05 bits per heavy atom. The Labute approximate surface area is 114 Å². The van der Waals surface area contributed by atoms with Gasteiger partial charge >= 0.3 is 0 Å². The number of nitrogens with zero attached hydrogens (tertiary/aromatic N) is 3. The van der Waals surface area contributed by atoms with Crippen LogP contribution in [-0.2, 0) is 4.79 Å². The summed E-state index contributed by atoms with van der Waals surface area (Å²) in [4.78, 5) is 15.8. The highest BCUT2D eigenvalue weighted by molar-refractivity contribution is 6.32. The van der Waals surface area contributed by atoms with Gasteiger partial charge in [0.2, 0.25) is 5.91 Å². The van der Waals surface area contributed by atoms with E-state index in [1.54, 1.807) is 17.1 Å². The van der Waals surface area contributed by atoms with Gasteiger partial charge in [-0.3, -0.25) is 4.79 Å². The molecule has 2 aromatic rings. The molecule has 0 spiro atoms. The van der Waals surface area contributed by atoms with Crippen LogP contribution in [0.3, 0.4) is 0 Å². The van der Waals surface area contributed by atoms with E-state index in [0.29, 0.717) is 17.3 Å². The standard InChI is InChI=1S/C12H12ClN5O/c1-2-15-11-7-3-8(13)10(18-6-14-5-16-18)4-9(7)17-12(11)19/h3-6,11,15H,2H2,1H3,(H,17,19). The normalized spacial score (nSPS) is 17.4. The van der Waals surface area contributed by atoms with Gasteiger partial charge in [0, 0.05) is 11.3 Å². The van der Waals surface area contributed by atoms with E-state index >= 15 is 0 Å². The Morgan fingerprint density at radius 2 is 2.37 bits per heavy atom. The number of aromatic nitrogens is 3. The van der Waals surface area contributed by atoms with Crippen molar-refractivity contribution in [3.8, 4) is 5.69 Å². The first-order valence-electron chi connectivity index (χ1n) is 5.93. The second-order valence-electron chi connectivity index (χ2n) is 4.21. The summed E-state index contributed by atoms with van der Waals surface area (Å²) >= 11 is 6.26. The Kier molecular flexibility index (Phi) is 2.96. The molecular formula is C12H12ClN5O. The van der Waals surface area contributed by atoms with Crippen LogP contribution in [-0.4, -0.2) is 27.2 Å². The minimum Gasteiger partial charge on any atom is -0.324 e. The predicted octanol–water partition coefficient (Wildman–Crippen LogP) is 1.52. The first kappa shape index (κ1) is 12.1. The van der Waals surface area contributed by atoms with Crippen molar-refractivity contribution in [3.63, 3.8) is 0 Å². The molecule has 0 radical (unpaired) electrons. The summed E-state index contributed by atoms with van der Waals surface area (Å²) < 4.78 is 1.56. The largest absolute Gasteiger partial charge is 0.324 e. The number of likely N-dealkylation sites (N-methyl/N-ethyl adjacent to an activating group) is 1. The van der Waals surface area contributed by atoms with Crippen molar-refractivity contribution in [1.82, 2.24) is 20.1 Å². The van der Waals surface area contributed by atoms with Gasteiger partial charge in [0.1, 0.15) is 18.7 Å². The van der Waals surface area contributed by atoms with Crippen molar-refractivity contribution < 1.29 is 4.79 Å². The average Bonchev–Trinajstić information content (AvgIpc) is 2.99.